The summed E-state index contributed by atoms with van der Waals surface area (Å²) in [5.41, 5.74) is 6.91. The predicted octanol–water partition coefficient (Wildman–Crippen LogP) is 12.4. The van der Waals surface area contributed by atoms with Crippen molar-refractivity contribution in [1.29, 1.82) is 0 Å². The highest BCUT2D eigenvalue weighted by atomic mass is 16.5. The Labute approximate surface area is 357 Å². The third-order valence-electron chi connectivity index (χ3n) is 10.5. The number of nitrogens with zero attached hydrogens (tertiary/aromatic N) is 2. The van der Waals surface area contributed by atoms with Crippen molar-refractivity contribution in [1.82, 2.24) is 9.78 Å². The number of hydrogen-bond acceptors (Lipinski definition) is 7. The van der Waals surface area contributed by atoms with Crippen LogP contribution in [0.25, 0.3) is 33.2 Å². The van der Waals surface area contributed by atoms with Crippen LogP contribution in [0.2, 0.25) is 0 Å². The number of ketones is 2. The molecule has 9 rings (SSSR count). The molecule has 0 saturated carbocycles. The maximum atomic E-state index is 13.3. The van der Waals surface area contributed by atoms with E-state index in [-0.39, 0.29) is 17.1 Å². The van der Waals surface area contributed by atoms with E-state index in [1.165, 1.54) is 4.68 Å². The smallest absolute Gasteiger partial charge is 0.274 e. The fraction of sp³-hybridized carbons (Fsp3) is 0.0370. The van der Waals surface area contributed by atoms with Crippen molar-refractivity contribution in [3.8, 4) is 56.9 Å². The fourth-order valence-corrected chi connectivity index (χ4v) is 7.09. The molecule has 0 aliphatic rings. The Morgan fingerprint density at radius 2 is 0.710 bits per heavy atom. The van der Waals surface area contributed by atoms with E-state index in [1.807, 2.05) is 122 Å². The van der Waals surface area contributed by atoms with Crippen LogP contribution in [0.3, 0.4) is 0 Å². The predicted molar refractivity (Wildman–Crippen MR) is 242 cm³/mol. The van der Waals surface area contributed by atoms with Gasteiger partial charge in [0.1, 0.15) is 34.5 Å². The molecular weight excluding hydrogens is 773 g/mol. The third-order valence-corrected chi connectivity index (χ3v) is 10.5. The van der Waals surface area contributed by atoms with Crippen molar-refractivity contribution in [3.63, 3.8) is 0 Å². The van der Waals surface area contributed by atoms with E-state index in [1.54, 1.807) is 85.9 Å². The molecule has 9 aromatic rings. The first kappa shape index (κ1) is 39.1. The van der Waals surface area contributed by atoms with Crippen molar-refractivity contribution >= 4 is 22.3 Å². The topological polar surface area (TPSA) is 96.7 Å². The van der Waals surface area contributed by atoms with Gasteiger partial charge in [-0.3, -0.25) is 14.4 Å². The minimum atomic E-state index is -0.140. The highest BCUT2D eigenvalue weighted by Crippen LogP contribution is 2.31. The molecule has 0 amide bonds. The molecule has 300 valence electrons. The Balaban J connectivity index is 0.773. The monoisotopic (exact) mass is 810 g/mol. The Kier molecular flexibility index (Phi) is 10.8. The minimum absolute atomic E-state index is 0.0254. The second kappa shape index (κ2) is 17.1. The van der Waals surface area contributed by atoms with E-state index in [2.05, 4.69) is 5.10 Å². The van der Waals surface area contributed by atoms with Gasteiger partial charge in [0.25, 0.3) is 5.56 Å². The summed E-state index contributed by atoms with van der Waals surface area (Å²) in [5, 5.41) is 5.91. The normalized spacial score (nSPS) is 10.9. The lowest BCUT2D eigenvalue weighted by molar-refractivity contribution is 0.103. The molecule has 0 aliphatic carbocycles. The third kappa shape index (κ3) is 8.52. The summed E-state index contributed by atoms with van der Waals surface area (Å²) >= 11 is 0. The van der Waals surface area contributed by atoms with Crippen LogP contribution in [0.5, 0.6) is 34.5 Å². The molecule has 1 aromatic heterocycles. The first-order chi connectivity index (χ1) is 30.2. The molecular formula is C54H38N2O6. The second-order valence-corrected chi connectivity index (χ2v) is 14.8. The van der Waals surface area contributed by atoms with Crippen molar-refractivity contribution < 1.29 is 23.8 Å². The zero-order valence-corrected chi connectivity index (χ0v) is 33.8. The van der Waals surface area contributed by atoms with Crippen LogP contribution < -0.4 is 19.8 Å². The van der Waals surface area contributed by atoms with E-state index in [0.29, 0.717) is 67.8 Å². The second-order valence-electron chi connectivity index (χ2n) is 14.8. The average Bonchev–Trinajstić information content (AvgIpc) is 3.31. The lowest BCUT2D eigenvalue weighted by Crippen LogP contribution is -2.20. The lowest BCUT2D eigenvalue weighted by atomic mass is 10.0. The van der Waals surface area contributed by atoms with Gasteiger partial charge in [-0.25, -0.2) is 4.68 Å². The molecule has 0 unspecified atom stereocenters. The fourth-order valence-electron chi connectivity index (χ4n) is 7.09. The number of fused-ring (bicyclic) bond motifs is 1. The lowest BCUT2D eigenvalue weighted by Gasteiger charge is -2.10. The molecule has 0 saturated heterocycles. The van der Waals surface area contributed by atoms with Gasteiger partial charge in [0.2, 0.25) is 0 Å². The maximum Gasteiger partial charge on any atom is 0.274 e. The summed E-state index contributed by atoms with van der Waals surface area (Å²) in [6.07, 6.45) is 0. The van der Waals surface area contributed by atoms with Crippen molar-refractivity contribution in [2.75, 3.05) is 0 Å². The Morgan fingerprint density at radius 3 is 1.08 bits per heavy atom. The van der Waals surface area contributed by atoms with Crippen molar-refractivity contribution in [2.24, 2.45) is 7.05 Å². The molecule has 1 heterocycles. The number of aromatic nitrogens is 2. The highest BCUT2D eigenvalue weighted by Gasteiger charge is 2.14. The zero-order valence-electron chi connectivity index (χ0n) is 33.8. The first-order valence-corrected chi connectivity index (χ1v) is 20.0. The van der Waals surface area contributed by atoms with E-state index in [9.17, 15) is 14.4 Å². The molecule has 0 bridgehead atoms. The van der Waals surface area contributed by atoms with Gasteiger partial charge in [0, 0.05) is 40.3 Å². The van der Waals surface area contributed by atoms with Crippen LogP contribution in [0.15, 0.2) is 199 Å². The van der Waals surface area contributed by atoms with Gasteiger partial charge in [-0.2, -0.15) is 5.10 Å². The van der Waals surface area contributed by atoms with Gasteiger partial charge < -0.3 is 14.2 Å². The number of hydrogen-bond donors (Lipinski definition) is 0. The van der Waals surface area contributed by atoms with Crippen molar-refractivity contribution in [2.45, 2.75) is 6.92 Å². The minimum Gasteiger partial charge on any atom is -0.457 e. The number of aryl methyl sites for hydroxylation is 2. The summed E-state index contributed by atoms with van der Waals surface area (Å²) < 4.78 is 19.6. The van der Waals surface area contributed by atoms with Crippen LogP contribution in [-0.4, -0.2) is 21.3 Å². The molecule has 0 aliphatic heterocycles. The van der Waals surface area contributed by atoms with Gasteiger partial charge in [-0.05, 0) is 145 Å². The Bertz CT molecular complexity index is 3100. The standard InChI is InChI=1S/C54H38N2O6/c1-35-7-9-39(10-8-35)52(57)40-17-29-46(30-18-40)60-43-23-11-36(12-24-43)37-13-25-44(26-14-37)61-47-31-19-41(20-32-47)53(58)42-21-33-48(34-22-42)62-45-27-15-38(16-28-45)51-49-5-3-4-6-50(49)54(59)56(2)55-51/h3-34H,1-2H3. The molecule has 8 aromatic carbocycles. The van der Waals surface area contributed by atoms with Gasteiger partial charge in [-0.15, -0.1) is 0 Å². The molecule has 8 nitrogen and oxygen atoms in total. The quantitative estimate of drug-likeness (QED) is 0.113. The molecule has 0 atom stereocenters. The van der Waals surface area contributed by atoms with Gasteiger partial charge in [-0.1, -0.05) is 72.3 Å². The Hall–Kier alpha value is -8.36. The molecule has 0 spiro atoms. The number of carbonyl (C=O) groups is 2. The van der Waals surface area contributed by atoms with Gasteiger partial charge in [0.05, 0.1) is 11.1 Å². The van der Waals surface area contributed by atoms with E-state index in [0.717, 1.165) is 27.6 Å². The van der Waals surface area contributed by atoms with E-state index < -0.39 is 0 Å². The molecule has 0 N–H and O–H groups in total. The number of benzene rings is 8. The molecule has 8 heteroatoms. The van der Waals surface area contributed by atoms with Crippen molar-refractivity contribution in [3.05, 3.63) is 232 Å². The van der Waals surface area contributed by atoms with Crippen LogP contribution >= 0.6 is 0 Å². The largest absolute Gasteiger partial charge is 0.457 e. The van der Waals surface area contributed by atoms with E-state index >= 15 is 0 Å². The van der Waals surface area contributed by atoms with Crippen LogP contribution in [0, 0.1) is 6.92 Å². The molecule has 0 radical (unpaired) electrons. The Morgan fingerprint density at radius 1 is 0.403 bits per heavy atom. The summed E-state index contributed by atoms with van der Waals surface area (Å²) in [6, 6.07) is 59.4. The summed E-state index contributed by atoms with van der Waals surface area (Å²) in [4.78, 5) is 38.7. The highest BCUT2D eigenvalue weighted by molar-refractivity contribution is 6.09. The van der Waals surface area contributed by atoms with Gasteiger partial charge in [0.15, 0.2) is 11.6 Å². The summed E-state index contributed by atoms with van der Waals surface area (Å²) in [7, 11) is 1.65. The zero-order chi connectivity index (χ0) is 42.6. The number of rotatable bonds is 12. The SMILES string of the molecule is Cc1ccc(C(=O)c2ccc(Oc3ccc(-c4ccc(Oc5ccc(C(=O)c6ccc(Oc7ccc(-c8nn(C)c(=O)c9ccccc89)cc7)cc6)cc5)cc4)cc3)cc2)cc1. The average molecular weight is 811 g/mol. The molecule has 0 fully saturated rings. The van der Waals surface area contributed by atoms with Crippen LogP contribution in [-0.2, 0) is 7.05 Å². The summed E-state index contributed by atoms with van der Waals surface area (Å²) in [6.45, 7) is 2.00. The first-order valence-electron chi connectivity index (χ1n) is 20.0. The number of carbonyl (C=O) groups excluding carboxylic acids is 2. The van der Waals surface area contributed by atoms with Gasteiger partial charge >= 0.3 is 0 Å². The maximum absolute atomic E-state index is 13.3. The summed E-state index contributed by atoms with van der Waals surface area (Å²) in [5.74, 6) is 3.68. The van der Waals surface area contributed by atoms with E-state index in [4.69, 9.17) is 14.2 Å². The number of ether oxygens (including phenoxy) is 3. The van der Waals surface area contributed by atoms with Crippen LogP contribution in [0.1, 0.15) is 37.4 Å². The van der Waals surface area contributed by atoms with Crippen LogP contribution in [0.4, 0.5) is 0 Å². The molecule has 62 heavy (non-hydrogen) atoms.